The van der Waals surface area contributed by atoms with Gasteiger partial charge in [-0.3, -0.25) is 4.98 Å². The second-order valence-electron chi connectivity index (χ2n) is 5.00. The first kappa shape index (κ1) is 12.4. The number of nitrogens with one attached hydrogen (secondary N) is 1. The van der Waals surface area contributed by atoms with Crippen molar-refractivity contribution in [2.75, 3.05) is 16.8 Å². The third kappa shape index (κ3) is 2.71. The molecule has 2 aromatic rings. The van der Waals surface area contributed by atoms with Crippen molar-refractivity contribution in [3.8, 4) is 0 Å². The van der Waals surface area contributed by atoms with Crippen LogP contribution in [0.1, 0.15) is 12.8 Å². The molecule has 0 bridgehead atoms. The highest BCUT2D eigenvalue weighted by molar-refractivity contribution is 7.91. The van der Waals surface area contributed by atoms with Crippen molar-refractivity contribution in [1.29, 1.82) is 0 Å². The lowest BCUT2D eigenvalue weighted by Gasteiger charge is -2.24. The summed E-state index contributed by atoms with van der Waals surface area (Å²) < 4.78 is 23.3. The zero-order chi connectivity index (χ0) is 13.3. The zero-order valence-electron chi connectivity index (χ0n) is 10.5. The Labute approximate surface area is 112 Å². The molecule has 5 heteroatoms. The average molecular weight is 276 g/mol. The minimum atomic E-state index is -2.88. The van der Waals surface area contributed by atoms with Gasteiger partial charge in [0.2, 0.25) is 0 Å². The standard InChI is InChI=1S/C14H16N2O2S/c17-19(18)8-2-4-12(10-19)16-14-5-1-3-11-9-15-7-6-13(11)14/h1,3,5-7,9,12,16H,2,4,8,10H2. The van der Waals surface area contributed by atoms with E-state index in [0.29, 0.717) is 5.75 Å². The van der Waals surface area contributed by atoms with Gasteiger partial charge in [-0.2, -0.15) is 0 Å². The average Bonchev–Trinajstić information content (AvgIpc) is 2.38. The monoisotopic (exact) mass is 276 g/mol. The number of nitrogens with zero attached hydrogens (tertiary/aromatic N) is 1. The fourth-order valence-corrected chi connectivity index (χ4v) is 4.24. The normalized spacial score (nSPS) is 22.2. The first-order valence-corrected chi connectivity index (χ1v) is 8.26. The van der Waals surface area contributed by atoms with E-state index in [1.807, 2.05) is 30.5 Å². The molecular formula is C14H16N2O2S. The van der Waals surface area contributed by atoms with Crippen molar-refractivity contribution in [3.05, 3.63) is 36.7 Å². The number of rotatable bonds is 2. The summed E-state index contributed by atoms with van der Waals surface area (Å²) in [5.74, 6) is 0.555. The molecule has 1 aliphatic heterocycles. The van der Waals surface area contributed by atoms with Crippen LogP contribution in [0.3, 0.4) is 0 Å². The molecule has 1 aliphatic rings. The van der Waals surface area contributed by atoms with Gasteiger partial charge in [0.05, 0.1) is 11.5 Å². The van der Waals surface area contributed by atoms with E-state index in [4.69, 9.17) is 0 Å². The van der Waals surface area contributed by atoms with E-state index >= 15 is 0 Å². The smallest absolute Gasteiger partial charge is 0.152 e. The molecule has 3 rings (SSSR count). The lowest BCUT2D eigenvalue weighted by Crippen LogP contribution is -2.34. The Hall–Kier alpha value is -1.62. The van der Waals surface area contributed by atoms with Crippen LogP contribution in [0.5, 0.6) is 0 Å². The molecule has 2 heterocycles. The summed E-state index contributed by atoms with van der Waals surface area (Å²) in [5, 5.41) is 5.52. The predicted molar refractivity (Wildman–Crippen MR) is 77.0 cm³/mol. The van der Waals surface area contributed by atoms with E-state index in [1.54, 1.807) is 6.20 Å². The summed E-state index contributed by atoms with van der Waals surface area (Å²) in [6.07, 6.45) is 5.22. The van der Waals surface area contributed by atoms with Gasteiger partial charge in [0, 0.05) is 34.9 Å². The van der Waals surface area contributed by atoms with Gasteiger partial charge in [-0.05, 0) is 25.0 Å². The van der Waals surface area contributed by atoms with Gasteiger partial charge < -0.3 is 5.32 Å². The number of benzene rings is 1. The van der Waals surface area contributed by atoms with Crippen molar-refractivity contribution in [2.24, 2.45) is 0 Å². The summed E-state index contributed by atoms with van der Waals surface area (Å²) in [6, 6.07) is 7.92. The van der Waals surface area contributed by atoms with E-state index in [1.165, 1.54) is 0 Å². The second-order valence-corrected chi connectivity index (χ2v) is 7.23. The van der Waals surface area contributed by atoms with Crippen molar-refractivity contribution < 1.29 is 8.42 Å². The molecule has 1 aromatic carbocycles. The van der Waals surface area contributed by atoms with E-state index in [9.17, 15) is 8.42 Å². The Morgan fingerprint density at radius 1 is 1.26 bits per heavy atom. The van der Waals surface area contributed by atoms with Gasteiger partial charge in [-0.25, -0.2) is 8.42 Å². The maximum atomic E-state index is 11.7. The molecule has 1 N–H and O–H groups in total. The second kappa shape index (κ2) is 4.81. The van der Waals surface area contributed by atoms with Crippen LogP contribution in [0.25, 0.3) is 10.8 Å². The lowest BCUT2D eigenvalue weighted by atomic mass is 10.1. The Bertz CT molecular complexity index is 692. The van der Waals surface area contributed by atoms with Crippen molar-refractivity contribution >= 4 is 26.3 Å². The maximum Gasteiger partial charge on any atom is 0.152 e. The molecule has 1 saturated heterocycles. The molecule has 0 spiro atoms. The van der Waals surface area contributed by atoms with E-state index in [-0.39, 0.29) is 11.8 Å². The van der Waals surface area contributed by atoms with Crippen molar-refractivity contribution in [3.63, 3.8) is 0 Å². The SMILES string of the molecule is O=S1(=O)CCCC(Nc2cccc3cnccc23)C1. The number of aromatic nitrogens is 1. The zero-order valence-corrected chi connectivity index (χ0v) is 11.4. The van der Waals surface area contributed by atoms with E-state index in [0.717, 1.165) is 29.3 Å². The molecule has 1 atom stereocenters. The summed E-state index contributed by atoms with van der Waals surface area (Å²) >= 11 is 0. The molecule has 0 saturated carbocycles. The Kier molecular flexibility index (Phi) is 3.14. The van der Waals surface area contributed by atoms with Crippen LogP contribution in [0.4, 0.5) is 5.69 Å². The number of hydrogen-bond acceptors (Lipinski definition) is 4. The van der Waals surface area contributed by atoms with Crippen LogP contribution in [0, 0.1) is 0 Å². The molecule has 1 unspecified atom stereocenters. The molecule has 1 aromatic heterocycles. The number of sulfone groups is 1. The lowest BCUT2D eigenvalue weighted by molar-refractivity contribution is 0.562. The van der Waals surface area contributed by atoms with Crippen molar-refractivity contribution in [2.45, 2.75) is 18.9 Å². The third-order valence-electron chi connectivity index (χ3n) is 3.50. The van der Waals surface area contributed by atoms with Crippen LogP contribution in [0.15, 0.2) is 36.7 Å². The van der Waals surface area contributed by atoms with Gasteiger partial charge in [0.25, 0.3) is 0 Å². The van der Waals surface area contributed by atoms with Crippen LogP contribution in [0.2, 0.25) is 0 Å². The van der Waals surface area contributed by atoms with Gasteiger partial charge in [0.15, 0.2) is 9.84 Å². The third-order valence-corrected chi connectivity index (χ3v) is 5.32. The van der Waals surface area contributed by atoms with Crippen molar-refractivity contribution in [1.82, 2.24) is 4.98 Å². The molecule has 0 amide bonds. The molecule has 0 aliphatic carbocycles. The molecule has 1 fully saturated rings. The number of anilines is 1. The largest absolute Gasteiger partial charge is 0.381 e. The van der Waals surface area contributed by atoms with E-state index < -0.39 is 9.84 Å². The minimum absolute atomic E-state index is 0.0116. The Morgan fingerprint density at radius 3 is 3.00 bits per heavy atom. The molecule has 100 valence electrons. The highest BCUT2D eigenvalue weighted by Crippen LogP contribution is 2.25. The molecule has 0 radical (unpaired) electrons. The van der Waals surface area contributed by atoms with Crippen LogP contribution in [-0.2, 0) is 9.84 Å². The number of pyridine rings is 1. The first-order chi connectivity index (χ1) is 9.14. The minimum Gasteiger partial charge on any atom is -0.381 e. The summed E-state index contributed by atoms with van der Waals surface area (Å²) in [7, 11) is -2.88. The fraction of sp³-hybridized carbons (Fsp3) is 0.357. The van der Waals surface area contributed by atoms with Crippen LogP contribution in [-0.4, -0.2) is 30.9 Å². The van der Waals surface area contributed by atoms with Crippen LogP contribution < -0.4 is 5.32 Å². The summed E-state index contributed by atoms with van der Waals surface area (Å²) in [5.41, 5.74) is 0.988. The molecular weight excluding hydrogens is 260 g/mol. The molecule has 4 nitrogen and oxygen atoms in total. The molecule has 19 heavy (non-hydrogen) atoms. The first-order valence-electron chi connectivity index (χ1n) is 6.44. The topological polar surface area (TPSA) is 59.1 Å². The maximum absolute atomic E-state index is 11.7. The Balaban J connectivity index is 1.89. The van der Waals surface area contributed by atoms with E-state index in [2.05, 4.69) is 10.3 Å². The van der Waals surface area contributed by atoms with Crippen LogP contribution >= 0.6 is 0 Å². The van der Waals surface area contributed by atoms with Gasteiger partial charge >= 0.3 is 0 Å². The highest BCUT2D eigenvalue weighted by Gasteiger charge is 2.24. The Morgan fingerprint density at radius 2 is 2.16 bits per heavy atom. The number of hydrogen-bond donors (Lipinski definition) is 1. The van der Waals surface area contributed by atoms with Gasteiger partial charge in [0.1, 0.15) is 0 Å². The quantitative estimate of drug-likeness (QED) is 0.913. The van der Waals surface area contributed by atoms with Gasteiger partial charge in [-0.1, -0.05) is 12.1 Å². The predicted octanol–water partition coefficient (Wildman–Crippen LogP) is 2.22. The highest BCUT2D eigenvalue weighted by atomic mass is 32.2. The number of fused-ring (bicyclic) bond motifs is 1. The fourth-order valence-electron chi connectivity index (χ4n) is 2.60. The summed E-state index contributed by atoms with van der Waals surface area (Å²) in [6.45, 7) is 0. The van der Waals surface area contributed by atoms with Gasteiger partial charge in [-0.15, -0.1) is 0 Å². The summed E-state index contributed by atoms with van der Waals surface area (Å²) in [4.78, 5) is 4.10.